The molecule has 138 valence electrons. The number of carbonyl (C=O) groups excluding carboxylic acids is 1. The van der Waals surface area contributed by atoms with Gasteiger partial charge in [-0.1, -0.05) is 6.92 Å². The molecule has 24 heavy (non-hydrogen) atoms. The van der Waals surface area contributed by atoms with E-state index in [4.69, 9.17) is 5.73 Å². The van der Waals surface area contributed by atoms with Gasteiger partial charge in [-0.15, -0.1) is 24.8 Å². The summed E-state index contributed by atoms with van der Waals surface area (Å²) in [4.78, 5) is 17.0. The normalized spacial score (nSPS) is 18.2. The van der Waals surface area contributed by atoms with Crippen LogP contribution in [0.5, 0.6) is 0 Å². The summed E-state index contributed by atoms with van der Waals surface area (Å²) in [5, 5.41) is 0. The molecule has 1 saturated heterocycles. The highest BCUT2D eigenvalue weighted by Crippen LogP contribution is 2.22. The molecule has 2 atom stereocenters. The number of piperidine rings is 1. The first-order valence-electron chi connectivity index (χ1n) is 8.42. The van der Waals surface area contributed by atoms with Crippen molar-refractivity contribution in [3.05, 3.63) is 29.8 Å². The molecule has 4 nitrogen and oxygen atoms in total. The molecule has 1 fully saturated rings. The second kappa shape index (κ2) is 10.8. The van der Waals surface area contributed by atoms with Gasteiger partial charge >= 0.3 is 0 Å². The summed E-state index contributed by atoms with van der Waals surface area (Å²) >= 11 is 0. The second-order valence-electron chi connectivity index (χ2n) is 6.39. The van der Waals surface area contributed by atoms with Gasteiger partial charge in [0.05, 0.1) is 0 Å². The van der Waals surface area contributed by atoms with Crippen LogP contribution in [0.25, 0.3) is 0 Å². The highest BCUT2D eigenvalue weighted by Gasteiger charge is 2.29. The lowest BCUT2D eigenvalue weighted by molar-refractivity contribution is 0.0584. The fourth-order valence-corrected chi connectivity index (χ4v) is 3.24. The third kappa shape index (κ3) is 5.54. The van der Waals surface area contributed by atoms with Crippen molar-refractivity contribution in [1.29, 1.82) is 0 Å². The molecule has 2 unspecified atom stereocenters. The number of anilines is 1. The number of amides is 1. The summed E-state index contributed by atoms with van der Waals surface area (Å²) in [5.74, 6) is 0.117. The fraction of sp³-hybridized carbons (Fsp3) is 0.611. The van der Waals surface area contributed by atoms with Crippen LogP contribution in [-0.2, 0) is 0 Å². The number of carbonyl (C=O) groups is 1. The van der Waals surface area contributed by atoms with Crippen molar-refractivity contribution >= 4 is 36.4 Å². The highest BCUT2D eigenvalue weighted by atomic mass is 35.5. The van der Waals surface area contributed by atoms with Gasteiger partial charge in [-0.2, -0.15) is 0 Å². The Hall–Kier alpha value is -0.970. The number of rotatable bonds is 5. The largest absolute Gasteiger partial charge is 0.375 e. The van der Waals surface area contributed by atoms with E-state index in [2.05, 4.69) is 18.9 Å². The number of hydrogen-bond donors (Lipinski definition) is 1. The molecule has 0 aromatic heterocycles. The predicted octanol–water partition coefficient (Wildman–Crippen LogP) is 3.72. The van der Waals surface area contributed by atoms with Gasteiger partial charge in [0.1, 0.15) is 0 Å². The maximum absolute atomic E-state index is 12.8. The van der Waals surface area contributed by atoms with Crippen LogP contribution in [0.2, 0.25) is 0 Å². The number of nitrogens with two attached hydrogens (primary N) is 1. The molecule has 0 radical (unpaired) electrons. The van der Waals surface area contributed by atoms with E-state index in [9.17, 15) is 4.79 Å². The molecule has 1 aliphatic rings. The van der Waals surface area contributed by atoms with Crippen LogP contribution in [-0.4, -0.2) is 43.0 Å². The van der Waals surface area contributed by atoms with Gasteiger partial charge < -0.3 is 15.5 Å². The second-order valence-corrected chi connectivity index (χ2v) is 6.39. The number of nitrogens with zero attached hydrogens (tertiary/aromatic N) is 2. The summed E-state index contributed by atoms with van der Waals surface area (Å²) < 4.78 is 0. The molecular formula is C18H31Cl2N3O. The molecule has 1 amide bonds. The molecule has 0 aliphatic carbocycles. The molecule has 6 heteroatoms. The zero-order chi connectivity index (χ0) is 16.1. The molecule has 0 bridgehead atoms. The molecule has 1 aliphatic heterocycles. The zero-order valence-electron chi connectivity index (χ0n) is 14.9. The Labute approximate surface area is 158 Å². The van der Waals surface area contributed by atoms with E-state index in [1.807, 2.05) is 36.1 Å². The monoisotopic (exact) mass is 375 g/mol. The number of hydrogen-bond acceptors (Lipinski definition) is 3. The van der Waals surface area contributed by atoms with E-state index in [-0.39, 0.29) is 42.8 Å². The standard InChI is InChI=1S/C18H29N3O.2ClH/c1-4-12-20(3)16-10-8-15(9-11-16)18(22)21-13-6-5-7-17(21)14(2)19;;/h8-11,14,17H,4-7,12-13,19H2,1-3H3;2*1H. The van der Waals surface area contributed by atoms with Crippen molar-refractivity contribution in [2.75, 3.05) is 25.0 Å². The van der Waals surface area contributed by atoms with E-state index in [1.54, 1.807) is 0 Å². The SMILES string of the molecule is CCCN(C)c1ccc(C(=O)N2CCCCC2C(C)N)cc1.Cl.Cl. The first-order chi connectivity index (χ1) is 10.5. The van der Waals surface area contributed by atoms with Crippen molar-refractivity contribution in [2.45, 2.75) is 51.6 Å². The first kappa shape index (κ1) is 23.0. The van der Waals surface area contributed by atoms with Crippen molar-refractivity contribution < 1.29 is 4.79 Å². The zero-order valence-corrected chi connectivity index (χ0v) is 16.5. The molecule has 0 spiro atoms. The quantitative estimate of drug-likeness (QED) is 0.852. The molecule has 1 heterocycles. The third-order valence-corrected chi connectivity index (χ3v) is 4.53. The minimum atomic E-state index is 0. The van der Waals surface area contributed by atoms with Gasteiger partial charge in [-0.3, -0.25) is 4.79 Å². The van der Waals surface area contributed by atoms with E-state index >= 15 is 0 Å². The number of benzene rings is 1. The van der Waals surface area contributed by atoms with Gasteiger partial charge in [0.15, 0.2) is 0 Å². The fourth-order valence-electron chi connectivity index (χ4n) is 3.24. The summed E-state index contributed by atoms with van der Waals surface area (Å²) in [7, 11) is 2.08. The Kier molecular flexibility index (Phi) is 10.4. The molecule has 2 N–H and O–H groups in total. The van der Waals surface area contributed by atoms with E-state index < -0.39 is 0 Å². The van der Waals surface area contributed by atoms with Crippen LogP contribution in [0.4, 0.5) is 5.69 Å². The Morgan fingerprint density at radius 2 is 1.92 bits per heavy atom. The van der Waals surface area contributed by atoms with Crippen LogP contribution in [0, 0.1) is 0 Å². The molecular weight excluding hydrogens is 345 g/mol. The van der Waals surface area contributed by atoms with Crippen LogP contribution in [0.3, 0.4) is 0 Å². The minimum absolute atomic E-state index is 0. The maximum Gasteiger partial charge on any atom is 0.254 e. The Balaban J connectivity index is 0.00000264. The van der Waals surface area contributed by atoms with E-state index in [1.165, 1.54) is 0 Å². The smallest absolute Gasteiger partial charge is 0.254 e. The van der Waals surface area contributed by atoms with Crippen LogP contribution >= 0.6 is 24.8 Å². The summed E-state index contributed by atoms with van der Waals surface area (Å²) in [6.07, 6.45) is 4.37. The number of likely N-dealkylation sites (tertiary alicyclic amines) is 1. The van der Waals surface area contributed by atoms with Crippen LogP contribution in [0.15, 0.2) is 24.3 Å². The van der Waals surface area contributed by atoms with Gasteiger partial charge in [-0.05, 0) is 56.9 Å². The lowest BCUT2D eigenvalue weighted by Gasteiger charge is -2.38. The average molecular weight is 376 g/mol. The van der Waals surface area contributed by atoms with Crippen molar-refractivity contribution in [1.82, 2.24) is 4.90 Å². The van der Waals surface area contributed by atoms with Crippen molar-refractivity contribution in [3.8, 4) is 0 Å². The summed E-state index contributed by atoms with van der Waals surface area (Å²) in [5.41, 5.74) is 7.99. The van der Waals surface area contributed by atoms with E-state index in [0.29, 0.717) is 0 Å². The van der Waals surface area contributed by atoms with Crippen molar-refractivity contribution in [2.24, 2.45) is 5.73 Å². The topological polar surface area (TPSA) is 49.6 Å². The van der Waals surface area contributed by atoms with Gasteiger partial charge in [-0.25, -0.2) is 0 Å². The summed E-state index contributed by atoms with van der Waals surface area (Å²) in [6, 6.07) is 8.15. The summed E-state index contributed by atoms with van der Waals surface area (Å²) in [6.45, 7) is 6.01. The van der Waals surface area contributed by atoms with Crippen molar-refractivity contribution in [3.63, 3.8) is 0 Å². The van der Waals surface area contributed by atoms with Gasteiger partial charge in [0.25, 0.3) is 5.91 Å². The predicted molar refractivity (Wildman–Crippen MR) is 107 cm³/mol. The van der Waals surface area contributed by atoms with Crippen LogP contribution in [0.1, 0.15) is 49.9 Å². The molecule has 1 aromatic carbocycles. The Morgan fingerprint density at radius 1 is 1.29 bits per heavy atom. The molecule has 0 saturated carbocycles. The molecule has 2 rings (SSSR count). The first-order valence-corrected chi connectivity index (χ1v) is 8.42. The van der Waals surface area contributed by atoms with Crippen LogP contribution < -0.4 is 10.6 Å². The number of halogens is 2. The minimum Gasteiger partial charge on any atom is -0.375 e. The Bertz CT molecular complexity index is 494. The van der Waals surface area contributed by atoms with Gasteiger partial charge in [0.2, 0.25) is 0 Å². The average Bonchev–Trinajstić information content (AvgIpc) is 2.54. The maximum atomic E-state index is 12.8. The van der Waals surface area contributed by atoms with E-state index in [0.717, 1.165) is 50.0 Å². The Morgan fingerprint density at radius 3 is 2.46 bits per heavy atom. The van der Waals surface area contributed by atoms with Gasteiger partial charge in [0, 0.05) is 43.5 Å². The molecule has 1 aromatic rings. The lowest BCUT2D eigenvalue weighted by atomic mass is 9.96. The lowest BCUT2D eigenvalue weighted by Crippen LogP contribution is -2.51. The third-order valence-electron chi connectivity index (χ3n) is 4.53. The highest BCUT2D eigenvalue weighted by molar-refractivity contribution is 5.95.